The summed E-state index contributed by atoms with van der Waals surface area (Å²) in [6.07, 6.45) is 2.33. The number of hydrogen-bond donors (Lipinski definition) is 1. The molecule has 2 rings (SSSR count). The molecule has 0 radical (unpaired) electrons. The van der Waals surface area contributed by atoms with Gasteiger partial charge in [0.2, 0.25) is 0 Å². The normalized spacial score (nSPS) is 30.1. The molecule has 0 aliphatic carbocycles. The molecule has 1 aromatic rings. The van der Waals surface area contributed by atoms with Crippen molar-refractivity contribution in [3.8, 4) is 0 Å². The quantitative estimate of drug-likeness (QED) is 0.858. The summed E-state index contributed by atoms with van der Waals surface area (Å²) in [6.45, 7) is 10.4. The Kier molecular flexibility index (Phi) is 5.87. The molecule has 1 aliphatic heterocycles. The molecule has 118 valence electrons. The van der Waals surface area contributed by atoms with Gasteiger partial charge in [-0.25, -0.2) is 0 Å². The topological polar surface area (TPSA) is 29.3 Å². The van der Waals surface area contributed by atoms with E-state index < -0.39 is 0 Å². The molecule has 2 nitrogen and oxygen atoms in total. The second kappa shape index (κ2) is 7.26. The number of benzene rings is 1. The molecule has 0 aromatic heterocycles. The van der Waals surface area contributed by atoms with Gasteiger partial charge in [-0.1, -0.05) is 48.8 Å². The third-order valence-corrected chi connectivity index (χ3v) is 5.56. The van der Waals surface area contributed by atoms with Gasteiger partial charge in [0.1, 0.15) is 0 Å². The summed E-state index contributed by atoms with van der Waals surface area (Å²) in [4.78, 5) is 2.65. The van der Waals surface area contributed by atoms with Crippen molar-refractivity contribution < 1.29 is 0 Å². The van der Waals surface area contributed by atoms with Crippen LogP contribution < -0.4 is 5.73 Å². The maximum atomic E-state index is 6.53. The van der Waals surface area contributed by atoms with Crippen LogP contribution in [0.1, 0.15) is 52.1 Å². The second-order valence-corrected chi connectivity index (χ2v) is 7.74. The molecular weight excluding hydrogens is 324 g/mol. The summed E-state index contributed by atoms with van der Waals surface area (Å²) in [5.74, 6) is 1.47. The lowest BCUT2D eigenvalue weighted by molar-refractivity contribution is 0.0287. The summed E-state index contributed by atoms with van der Waals surface area (Å²) in [7, 11) is 0. The number of halogens is 1. The van der Waals surface area contributed by atoms with Crippen molar-refractivity contribution >= 4 is 15.9 Å². The highest BCUT2D eigenvalue weighted by molar-refractivity contribution is 9.10. The molecular formula is C18H29BrN2. The van der Waals surface area contributed by atoms with Gasteiger partial charge in [-0.05, 0) is 49.3 Å². The van der Waals surface area contributed by atoms with Crippen LogP contribution in [0.3, 0.4) is 0 Å². The minimum absolute atomic E-state index is 0.180. The molecule has 0 amide bonds. The fourth-order valence-electron chi connectivity index (χ4n) is 3.72. The van der Waals surface area contributed by atoms with Crippen molar-refractivity contribution in [3.63, 3.8) is 0 Å². The molecule has 1 aromatic carbocycles. The first-order valence-corrected chi connectivity index (χ1v) is 9.00. The van der Waals surface area contributed by atoms with E-state index in [0.717, 1.165) is 29.3 Å². The number of hydrogen-bond acceptors (Lipinski definition) is 2. The van der Waals surface area contributed by atoms with Crippen LogP contribution in [0.25, 0.3) is 0 Å². The summed E-state index contributed by atoms with van der Waals surface area (Å²) in [5.41, 5.74) is 7.87. The molecule has 1 saturated heterocycles. The van der Waals surface area contributed by atoms with E-state index in [2.05, 4.69) is 72.8 Å². The Balaban J connectivity index is 2.35. The van der Waals surface area contributed by atoms with Crippen molar-refractivity contribution in [3.05, 3.63) is 34.3 Å². The first-order valence-electron chi connectivity index (χ1n) is 8.20. The average Bonchev–Trinajstić information content (AvgIpc) is 2.44. The molecule has 1 aliphatic rings. The van der Waals surface area contributed by atoms with E-state index in [-0.39, 0.29) is 6.04 Å². The SMILES string of the molecule is CCC(N)C(c1cccc(Br)c1)N1CC(C)CC(C)C1C. The number of rotatable bonds is 4. The monoisotopic (exact) mass is 352 g/mol. The van der Waals surface area contributed by atoms with E-state index >= 15 is 0 Å². The molecule has 0 saturated carbocycles. The highest BCUT2D eigenvalue weighted by atomic mass is 79.9. The Morgan fingerprint density at radius 1 is 1.33 bits per heavy atom. The fraction of sp³-hybridized carbons (Fsp3) is 0.667. The standard InChI is InChI=1S/C18H29BrN2/c1-5-17(20)18(15-7-6-8-16(19)10-15)21-11-12(2)9-13(3)14(21)4/h6-8,10,12-14,17-18H,5,9,11,20H2,1-4H3. The van der Waals surface area contributed by atoms with Crippen molar-refractivity contribution in [1.82, 2.24) is 4.90 Å². The maximum absolute atomic E-state index is 6.53. The van der Waals surface area contributed by atoms with Crippen LogP contribution >= 0.6 is 15.9 Å². The predicted molar refractivity (Wildman–Crippen MR) is 94.3 cm³/mol. The summed E-state index contributed by atoms with van der Waals surface area (Å²) < 4.78 is 1.14. The Morgan fingerprint density at radius 3 is 2.67 bits per heavy atom. The van der Waals surface area contributed by atoms with Gasteiger partial charge in [0.25, 0.3) is 0 Å². The van der Waals surface area contributed by atoms with Gasteiger partial charge in [0, 0.05) is 23.1 Å². The van der Waals surface area contributed by atoms with Gasteiger partial charge in [0.15, 0.2) is 0 Å². The van der Waals surface area contributed by atoms with Gasteiger partial charge in [-0.2, -0.15) is 0 Å². The largest absolute Gasteiger partial charge is 0.326 e. The highest BCUT2D eigenvalue weighted by Crippen LogP contribution is 2.36. The Bertz CT molecular complexity index is 462. The molecule has 0 bridgehead atoms. The molecule has 1 fully saturated rings. The van der Waals surface area contributed by atoms with Crippen molar-refractivity contribution in [2.45, 2.75) is 58.7 Å². The predicted octanol–water partition coefficient (Wildman–Crippen LogP) is 4.59. The highest BCUT2D eigenvalue weighted by Gasteiger charge is 2.36. The van der Waals surface area contributed by atoms with Crippen LogP contribution in [0.4, 0.5) is 0 Å². The Labute approximate surface area is 138 Å². The smallest absolute Gasteiger partial charge is 0.0502 e. The van der Waals surface area contributed by atoms with E-state index in [4.69, 9.17) is 5.73 Å². The van der Waals surface area contributed by atoms with Crippen LogP contribution in [0.5, 0.6) is 0 Å². The van der Waals surface area contributed by atoms with Gasteiger partial charge in [-0.3, -0.25) is 4.90 Å². The summed E-state index contributed by atoms with van der Waals surface area (Å²) in [6, 6.07) is 9.74. The minimum Gasteiger partial charge on any atom is -0.326 e. The van der Waals surface area contributed by atoms with E-state index in [0.29, 0.717) is 12.1 Å². The van der Waals surface area contributed by atoms with Crippen LogP contribution in [0.2, 0.25) is 0 Å². The van der Waals surface area contributed by atoms with Crippen LogP contribution in [0, 0.1) is 11.8 Å². The molecule has 1 heterocycles. The number of nitrogens with zero attached hydrogens (tertiary/aromatic N) is 1. The van der Waals surface area contributed by atoms with Crippen molar-refractivity contribution in [2.75, 3.05) is 6.54 Å². The summed E-state index contributed by atoms with van der Waals surface area (Å²) >= 11 is 3.61. The lowest BCUT2D eigenvalue weighted by atomic mass is 9.82. The van der Waals surface area contributed by atoms with Crippen LogP contribution in [-0.4, -0.2) is 23.5 Å². The molecule has 5 atom stereocenters. The van der Waals surface area contributed by atoms with Crippen LogP contribution in [0.15, 0.2) is 28.7 Å². The zero-order valence-corrected chi connectivity index (χ0v) is 15.3. The number of nitrogens with two attached hydrogens (primary N) is 1. The second-order valence-electron chi connectivity index (χ2n) is 6.83. The molecule has 2 N–H and O–H groups in total. The minimum atomic E-state index is 0.180. The Hall–Kier alpha value is -0.380. The van der Waals surface area contributed by atoms with Crippen molar-refractivity contribution in [1.29, 1.82) is 0 Å². The van der Waals surface area contributed by atoms with Gasteiger partial charge in [0.05, 0.1) is 6.04 Å². The number of piperidine rings is 1. The van der Waals surface area contributed by atoms with Gasteiger partial charge >= 0.3 is 0 Å². The van der Waals surface area contributed by atoms with Gasteiger partial charge in [-0.15, -0.1) is 0 Å². The van der Waals surface area contributed by atoms with Crippen molar-refractivity contribution in [2.24, 2.45) is 17.6 Å². The fourth-order valence-corrected chi connectivity index (χ4v) is 4.14. The average molecular weight is 353 g/mol. The molecule has 21 heavy (non-hydrogen) atoms. The van der Waals surface area contributed by atoms with E-state index in [1.54, 1.807) is 0 Å². The molecule has 0 spiro atoms. The number of likely N-dealkylation sites (tertiary alicyclic amines) is 1. The van der Waals surface area contributed by atoms with Gasteiger partial charge < -0.3 is 5.73 Å². The zero-order chi connectivity index (χ0) is 15.6. The first kappa shape index (κ1) is 17.0. The lowest BCUT2D eigenvalue weighted by Crippen LogP contribution is -2.52. The maximum Gasteiger partial charge on any atom is 0.0502 e. The lowest BCUT2D eigenvalue weighted by Gasteiger charge is -2.47. The molecule has 5 unspecified atom stereocenters. The third-order valence-electron chi connectivity index (χ3n) is 5.07. The van der Waals surface area contributed by atoms with E-state index in [1.165, 1.54) is 12.0 Å². The van der Waals surface area contributed by atoms with E-state index in [9.17, 15) is 0 Å². The van der Waals surface area contributed by atoms with E-state index in [1.807, 2.05) is 0 Å². The van der Waals surface area contributed by atoms with Crippen LogP contribution in [-0.2, 0) is 0 Å². The zero-order valence-electron chi connectivity index (χ0n) is 13.7. The third kappa shape index (κ3) is 3.88. The summed E-state index contributed by atoms with van der Waals surface area (Å²) in [5, 5.41) is 0. The first-order chi connectivity index (χ1) is 9.93. The Morgan fingerprint density at radius 2 is 2.05 bits per heavy atom. The molecule has 3 heteroatoms.